The van der Waals surface area contributed by atoms with Crippen molar-refractivity contribution in [3.63, 3.8) is 0 Å². The van der Waals surface area contributed by atoms with Crippen LogP contribution in [0.25, 0.3) is 11.1 Å². The second-order valence-electron chi connectivity index (χ2n) is 4.72. The van der Waals surface area contributed by atoms with Crippen LogP contribution in [0.3, 0.4) is 0 Å². The first-order valence-electron chi connectivity index (χ1n) is 6.59. The number of hydrogen-bond donors (Lipinski definition) is 0. The lowest BCUT2D eigenvalue weighted by Gasteiger charge is -2.01. The number of aryl methyl sites for hydroxylation is 1. The van der Waals surface area contributed by atoms with Crippen molar-refractivity contribution in [3.8, 4) is 11.1 Å². The van der Waals surface area contributed by atoms with Gasteiger partial charge < -0.3 is 0 Å². The molecule has 0 fully saturated rings. The highest BCUT2D eigenvalue weighted by Gasteiger charge is 2.08. The molecule has 2 rings (SSSR count). The average molecular weight is 370 g/mol. The molecular weight excluding hydrogens is 352 g/mol. The Labute approximate surface area is 126 Å². The van der Waals surface area contributed by atoms with Gasteiger partial charge in [-0.2, -0.15) is 0 Å². The summed E-state index contributed by atoms with van der Waals surface area (Å²) in [4.78, 5) is 0. The monoisotopic (exact) mass is 368 g/mol. The van der Waals surface area contributed by atoms with Crippen molar-refractivity contribution in [2.24, 2.45) is 0 Å². The van der Waals surface area contributed by atoms with E-state index in [1.54, 1.807) is 0 Å². The number of hydrogen-bond acceptors (Lipinski definition) is 0. The van der Waals surface area contributed by atoms with E-state index in [1.807, 2.05) is 0 Å². The minimum absolute atomic E-state index is 1.15. The highest BCUT2D eigenvalue weighted by molar-refractivity contribution is 9.11. The van der Waals surface area contributed by atoms with Crippen LogP contribution in [0.5, 0.6) is 0 Å². The van der Waals surface area contributed by atoms with Crippen molar-refractivity contribution in [1.29, 1.82) is 0 Å². The Morgan fingerprint density at radius 1 is 0.944 bits per heavy atom. The molecular formula is C16H18Br2. The molecule has 0 aromatic rings. The largest absolute Gasteiger partial charge is 0.0654 e. The molecule has 0 atom stereocenters. The van der Waals surface area contributed by atoms with Crippen molar-refractivity contribution in [2.45, 2.75) is 39.0 Å². The van der Waals surface area contributed by atoms with Gasteiger partial charge in [0.1, 0.15) is 0 Å². The lowest BCUT2D eigenvalue weighted by atomic mass is 10.1. The van der Waals surface area contributed by atoms with E-state index >= 15 is 0 Å². The summed E-state index contributed by atoms with van der Waals surface area (Å²) in [5, 5.41) is 0. The Balaban J connectivity index is 2.22. The normalized spacial score (nSPS) is 11.1. The van der Waals surface area contributed by atoms with E-state index in [2.05, 4.69) is 69.1 Å². The zero-order valence-electron chi connectivity index (χ0n) is 10.7. The predicted octanol–water partition coefficient (Wildman–Crippen LogP) is 6.44. The van der Waals surface area contributed by atoms with E-state index < -0.39 is 0 Å². The maximum atomic E-state index is 3.71. The van der Waals surface area contributed by atoms with Crippen LogP contribution in [0.1, 0.15) is 38.2 Å². The summed E-state index contributed by atoms with van der Waals surface area (Å²) < 4.78 is 2.42. The van der Waals surface area contributed by atoms with Crippen LogP contribution < -0.4 is 0 Å². The molecule has 2 aliphatic rings. The Morgan fingerprint density at radius 3 is 2.56 bits per heavy atom. The van der Waals surface area contributed by atoms with Gasteiger partial charge in [-0.15, -0.1) is 0 Å². The molecule has 2 heteroatoms. The first-order valence-corrected chi connectivity index (χ1v) is 8.17. The van der Waals surface area contributed by atoms with Crippen LogP contribution >= 0.6 is 31.9 Å². The van der Waals surface area contributed by atoms with E-state index in [9.17, 15) is 0 Å². The third-order valence-electron chi connectivity index (χ3n) is 3.30. The van der Waals surface area contributed by atoms with Crippen molar-refractivity contribution in [2.75, 3.05) is 0 Å². The van der Waals surface area contributed by atoms with Crippen molar-refractivity contribution in [3.05, 3.63) is 44.8 Å². The minimum Gasteiger partial charge on any atom is -0.0654 e. The molecule has 18 heavy (non-hydrogen) atoms. The van der Waals surface area contributed by atoms with Gasteiger partial charge in [-0.25, -0.2) is 0 Å². The quantitative estimate of drug-likeness (QED) is 0.532. The standard InChI is InChI=1S/C16H18Br2/c1-2-3-4-5-7-13-11-16(18)14-9-6-8-12(14)10-15(13)17/h6,8-11H,2-5,7H2,1H3. The smallest absolute Gasteiger partial charge is 0.0256 e. The van der Waals surface area contributed by atoms with Crippen LogP contribution in [0.15, 0.2) is 39.3 Å². The SMILES string of the molecule is CCCCCCc1cc(Br)c2cccc-2cc1Br. The maximum absolute atomic E-state index is 3.71. The Kier molecular flexibility index (Phi) is 5.25. The summed E-state index contributed by atoms with van der Waals surface area (Å²) in [5.41, 5.74) is 3.97. The summed E-state index contributed by atoms with van der Waals surface area (Å²) in [6.07, 6.45) is 6.38. The molecule has 0 nitrogen and oxygen atoms in total. The van der Waals surface area contributed by atoms with Crippen LogP contribution in [0.2, 0.25) is 0 Å². The fraction of sp³-hybridized carbons (Fsp3) is 0.375. The molecule has 0 N–H and O–H groups in total. The van der Waals surface area contributed by atoms with Crippen LogP contribution in [0.4, 0.5) is 0 Å². The fourth-order valence-corrected chi connectivity index (χ4v) is 3.44. The van der Waals surface area contributed by atoms with E-state index in [-0.39, 0.29) is 0 Å². The number of unbranched alkanes of at least 4 members (excludes halogenated alkanes) is 3. The predicted molar refractivity (Wildman–Crippen MR) is 86.3 cm³/mol. The molecule has 0 saturated heterocycles. The molecule has 0 amide bonds. The molecule has 0 aliphatic heterocycles. The first-order chi connectivity index (χ1) is 8.72. The van der Waals surface area contributed by atoms with Gasteiger partial charge in [0.15, 0.2) is 0 Å². The zero-order chi connectivity index (χ0) is 13.0. The Morgan fingerprint density at radius 2 is 1.78 bits per heavy atom. The highest BCUT2D eigenvalue weighted by Crippen LogP contribution is 2.34. The number of halogens is 2. The molecule has 0 unspecified atom stereocenters. The molecule has 0 saturated carbocycles. The molecule has 0 aromatic heterocycles. The Bertz CT molecular complexity index is 491. The first kappa shape index (κ1) is 14.1. The van der Waals surface area contributed by atoms with E-state index in [0.29, 0.717) is 0 Å². The lowest BCUT2D eigenvalue weighted by Crippen LogP contribution is -1.85. The summed E-state index contributed by atoms with van der Waals surface area (Å²) in [6.45, 7) is 2.25. The lowest BCUT2D eigenvalue weighted by molar-refractivity contribution is 0.666. The maximum Gasteiger partial charge on any atom is 0.0256 e. The van der Waals surface area contributed by atoms with Gasteiger partial charge in [0.05, 0.1) is 0 Å². The average Bonchev–Trinajstić information content (AvgIpc) is 2.77. The second-order valence-corrected chi connectivity index (χ2v) is 6.42. The molecule has 2 aliphatic carbocycles. The molecule has 0 heterocycles. The second kappa shape index (κ2) is 6.72. The third-order valence-corrected chi connectivity index (χ3v) is 4.69. The van der Waals surface area contributed by atoms with Gasteiger partial charge in [-0.05, 0) is 41.7 Å². The summed E-state index contributed by atoms with van der Waals surface area (Å²) in [5.74, 6) is 0. The van der Waals surface area contributed by atoms with Gasteiger partial charge in [0.2, 0.25) is 0 Å². The van der Waals surface area contributed by atoms with Gasteiger partial charge in [-0.1, -0.05) is 76.2 Å². The summed E-state index contributed by atoms with van der Waals surface area (Å²) >= 11 is 7.41. The number of fused-ring (bicyclic) bond motifs is 1. The van der Waals surface area contributed by atoms with Gasteiger partial charge in [0, 0.05) is 8.95 Å². The zero-order valence-corrected chi connectivity index (χ0v) is 13.9. The molecule has 0 bridgehead atoms. The third kappa shape index (κ3) is 3.36. The van der Waals surface area contributed by atoms with Gasteiger partial charge in [-0.3, -0.25) is 0 Å². The number of rotatable bonds is 5. The molecule has 0 spiro atoms. The van der Waals surface area contributed by atoms with Crippen molar-refractivity contribution in [1.82, 2.24) is 0 Å². The van der Waals surface area contributed by atoms with Crippen LogP contribution in [0, 0.1) is 0 Å². The van der Waals surface area contributed by atoms with Crippen LogP contribution in [-0.2, 0) is 6.42 Å². The highest BCUT2D eigenvalue weighted by atomic mass is 79.9. The molecule has 0 radical (unpaired) electrons. The van der Waals surface area contributed by atoms with E-state index in [0.717, 1.165) is 6.42 Å². The molecule has 96 valence electrons. The fourth-order valence-electron chi connectivity index (χ4n) is 2.24. The van der Waals surface area contributed by atoms with Gasteiger partial charge in [0.25, 0.3) is 0 Å². The Hall–Kier alpha value is -0.340. The van der Waals surface area contributed by atoms with E-state index in [4.69, 9.17) is 0 Å². The van der Waals surface area contributed by atoms with Crippen molar-refractivity contribution < 1.29 is 0 Å². The summed E-state index contributed by atoms with van der Waals surface area (Å²) in [7, 11) is 0. The van der Waals surface area contributed by atoms with Crippen LogP contribution in [-0.4, -0.2) is 0 Å². The molecule has 0 aromatic carbocycles. The van der Waals surface area contributed by atoms with Gasteiger partial charge >= 0.3 is 0 Å². The summed E-state index contributed by atoms with van der Waals surface area (Å²) in [6, 6.07) is 10.9. The van der Waals surface area contributed by atoms with E-state index in [1.165, 1.54) is 51.3 Å². The topological polar surface area (TPSA) is 0 Å². The van der Waals surface area contributed by atoms with Crippen molar-refractivity contribution >= 4 is 31.9 Å². The minimum atomic E-state index is 1.15.